The average molecular weight is 305 g/mol. The highest BCUT2D eigenvalue weighted by Gasteiger charge is 2.61. The van der Waals surface area contributed by atoms with E-state index in [4.69, 9.17) is 0 Å². The fourth-order valence-corrected chi connectivity index (χ4v) is 2.67. The van der Waals surface area contributed by atoms with E-state index in [1.165, 1.54) is 0 Å². The van der Waals surface area contributed by atoms with Crippen LogP contribution in [0.3, 0.4) is 0 Å². The standard InChI is InChI=1S/C20H19NO2/c1-19(23,13-12-16-8-4-2-5-9-16)20(14-15-20)18(22)21-17-10-6-3-7-11-17/h2-11,23H,14-15H2,1H3,(H,21,22). The number of nitrogens with one attached hydrogen (secondary N) is 1. The second-order valence-corrected chi connectivity index (χ2v) is 6.09. The highest BCUT2D eigenvalue weighted by molar-refractivity contribution is 5.98. The first-order chi connectivity index (χ1) is 11.0. The summed E-state index contributed by atoms with van der Waals surface area (Å²) in [7, 11) is 0. The van der Waals surface area contributed by atoms with Crippen LogP contribution in [0.25, 0.3) is 0 Å². The van der Waals surface area contributed by atoms with E-state index < -0.39 is 11.0 Å². The van der Waals surface area contributed by atoms with Crippen molar-refractivity contribution in [2.24, 2.45) is 5.41 Å². The zero-order chi connectivity index (χ0) is 16.3. The summed E-state index contributed by atoms with van der Waals surface area (Å²) in [5.74, 6) is 5.69. The van der Waals surface area contributed by atoms with Crippen LogP contribution in [0.15, 0.2) is 60.7 Å². The summed E-state index contributed by atoms with van der Waals surface area (Å²) in [6.07, 6.45) is 1.28. The molecule has 0 heterocycles. The molecule has 1 saturated carbocycles. The maximum absolute atomic E-state index is 12.6. The quantitative estimate of drug-likeness (QED) is 0.856. The largest absolute Gasteiger partial charge is 0.377 e. The van der Waals surface area contributed by atoms with Crippen LogP contribution in [0.2, 0.25) is 0 Å². The molecule has 1 unspecified atom stereocenters. The summed E-state index contributed by atoms with van der Waals surface area (Å²) in [6.45, 7) is 1.63. The summed E-state index contributed by atoms with van der Waals surface area (Å²) < 4.78 is 0. The van der Waals surface area contributed by atoms with Gasteiger partial charge in [0.25, 0.3) is 0 Å². The normalized spacial score (nSPS) is 17.3. The van der Waals surface area contributed by atoms with Crippen LogP contribution in [-0.2, 0) is 4.79 Å². The zero-order valence-corrected chi connectivity index (χ0v) is 13.0. The van der Waals surface area contributed by atoms with Crippen molar-refractivity contribution in [3.05, 3.63) is 66.2 Å². The van der Waals surface area contributed by atoms with E-state index in [1.54, 1.807) is 6.92 Å². The van der Waals surface area contributed by atoms with E-state index >= 15 is 0 Å². The first-order valence-corrected chi connectivity index (χ1v) is 7.71. The molecule has 0 saturated heterocycles. The molecule has 1 aliphatic carbocycles. The summed E-state index contributed by atoms with van der Waals surface area (Å²) in [4.78, 5) is 12.6. The van der Waals surface area contributed by atoms with Gasteiger partial charge in [-0.1, -0.05) is 48.2 Å². The number of hydrogen-bond acceptors (Lipinski definition) is 2. The van der Waals surface area contributed by atoms with Gasteiger partial charge in [-0.25, -0.2) is 0 Å². The summed E-state index contributed by atoms with van der Waals surface area (Å²) in [6, 6.07) is 18.8. The molecule has 0 aromatic heterocycles. The smallest absolute Gasteiger partial charge is 0.234 e. The molecule has 3 rings (SSSR count). The van der Waals surface area contributed by atoms with E-state index in [1.807, 2.05) is 60.7 Å². The highest BCUT2D eigenvalue weighted by atomic mass is 16.3. The molecule has 1 aliphatic rings. The predicted octanol–water partition coefficient (Wildman–Crippen LogP) is 3.21. The maximum Gasteiger partial charge on any atom is 0.234 e. The van der Waals surface area contributed by atoms with Crippen LogP contribution < -0.4 is 5.32 Å². The van der Waals surface area contributed by atoms with E-state index in [0.717, 1.165) is 11.3 Å². The summed E-state index contributed by atoms with van der Waals surface area (Å²) in [5, 5.41) is 13.7. The Bertz CT molecular complexity index is 750. The number of carbonyl (C=O) groups excluding carboxylic acids is 1. The second kappa shape index (κ2) is 5.91. The number of aliphatic hydroxyl groups is 1. The van der Waals surface area contributed by atoms with Gasteiger partial charge in [-0.15, -0.1) is 0 Å². The lowest BCUT2D eigenvalue weighted by Gasteiger charge is -2.27. The van der Waals surface area contributed by atoms with Crippen molar-refractivity contribution >= 4 is 11.6 Å². The third kappa shape index (κ3) is 3.13. The number of carbonyl (C=O) groups is 1. The zero-order valence-electron chi connectivity index (χ0n) is 13.0. The second-order valence-electron chi connectivity index (χ2n) is 6.09. The van der Waals surface area contributed by atoms with Gasteiger partial charge in [-0.05, 0) is 44.0 Å². The molecule has 1 fully saturated rings. The SMILES string of the molecule is CC(O)(C#Cc1ccccc1)C1(C(=O)Nc2ccccc2)CC1. The lowest BCUT2D eigenvalue weighted by atomic mass is 9.85. The van der Waals surface area contributed by atoms with Gasteiger partial charge in [0, 0.05) is 11.3 Å². The number of hydrogen-bond donors (Lipinski definition) is 2. The van der Waals surface area contributed by atoms with E-state index in [0.29, 0.717) is 12.8 Å². The molecule has 0 bridgehead atoms. The van der Waals surface area contributed by atoms with Crippen LogP contribution in [0.4, 0.5) is 5.69 Å². The van der Waals surface area contributed by atoms with Crippen LogP contribution in [0.1, 0.15) is 25.3 Å². The van der Waals surface area contributed by atoms with Crippen LogP contribution in [0, 0.1) is 17.3 Å². The lowest BCUT2D eigenvalue weighted by Crippen LogP contribution is -2.43. The number of amides is 1. The van der Waals surface area contributed by atoms with Crippen molar-refractivity contribution in [3.63, 3.8) is 0 Å². The molecule has 23 heavy (non-hydrogen) atoms. The lowest BCUT2D eigenvalue weighted by molar-refractivity contribution is -0.127. The number of rotatable bonds is 3. The van der Waals surface area contributed by atoms with Crippen LogP contribution in [0.5, 0.6) is 0 Å². The van der Waals surface area contributed by atoms with Gasteiger partial charge in [0.05, 0.1) is 5.41 Å². The first kappa shape index (κ1) is 15.3. The molecule has 2 aromatic carbocycles. The van der Waals surface area contributed by atoms with Gasteiger partial charge in [-0.2, -0.15) is 0 Å². The molecule has 3 nitrogen and oxygen atoms in total. The van der Waals surface area contributed by atoms with Gasteiger partial charge < -0.3 is 10.4 Å². The van der Waals surface area contributed by atoms with Crippen molar-refractivity contribution in [2.45, 2.75) is 25.4 Å². The summed E-state index contributed by atoms with van der Waals surface area (Å²) in [5.41, 5.74) is -0.630. The third-order valence-corrected chi connectivity index (χ3v) is 4.37. The Hall–Kier alpha value is -2.57. The first-order valence-electron chi connectivity index (χ1n) is 7.71. The minimum Gasteiger partial charge on any atom is -0.377 e. The van der Waals surface area contributed by atoms with Gasteiger partial charge >= 0.3 is 0 Å². The van der Waals surface area contributed by atoms with Crippen molar-refractivity contribution in [3.8, 4) is 11.8 Å². The number of anilines is 1. The molecule has 0 aliphatic heterocycles. The van der Waals surface area contributed by atoms with Gasteiger partial charge in [-0.3, -0.25) is 4.79 Å². The van der Waals surface area contributed by atoms with E-state index in [9.17, 15) is 9.90 Å². The molecular formula is C20H19NO2. The van der Waals surface area contributed by atoms with E-state index in [-0.39, 0.29) is 5.91 Å². The molecule has 0 spiro atoms. The predicted molar refractivity (Wildman–Crippen MR) is 90.7 cm³/mol. The monoisotopic (exact) mass is 305 g/mol. The fraction of sp³-hybridized carbons (Fsp3) is 0.250. The van der Waals surface area contributed by atoms with Gasteiger partial charge in [0.2, 0.25) is 5.91 Å². The molecular weight excluding hydrogens is 286 g/mol. The van der Waals surface area contributed by atoms with Crippen LogP contribution in [-0.4, -0.2) is 16.6 Å². The molecule has 1 amide bonds. The molecule has 116 valence electrons. The Morgan fingerprint density at radius 3 is 2.22 bits per heavy atom. The molecule has 0 radical (unpaired) electrons. The molecule has 2 aromatic rings. The summed E-state index contributed by atoms with van der Waals surface area (Å²) >= 11 is 0. The third-order valence-electron chi connectivity index (χ3n) is 4.37. The minimum absolute atomic E-state index is 0.170. The van der Waals surface area contributed by atoms with E-state index in [2.05, 4.69) is 17.2 Å². The van der Waals surface area contributed by atoms with Crippen molar-refractivity contribution < 1.29 is 9.90 Å². The fourth-order valence-electron chi connectivity index (χ4n) is 2.67. The molecule has 1 atom stereocenters. The van der Waals surface area contributed by atoms with Crippen molar-refractivity contribution in [1.82, 2.24) is 0 Å². The Kier molecular flexibility index (Phi) is 3.94. The topological polar surface area (TPSA) is 49.3 Å². The number of para-hydroxylation sites is 1. The Morgan fingerprint density at radius 2 is 1.65 bits per heavy atom. The highest BCUT2D eigenvalue weighted by Crippen LogP contribution is 2.54. The molecule has 2 N–H and O–H groups in total. The Balaban J connectivity index is 1.79. The van der Waals surface area contributed by atoms with Crippen LogP contribution >= 0.6 is 0 Å². The molecule has 3 heteroatoms. The average Bonchev–Trinajstić information content (AvgIpc) is 3.37. The van der Waals surface area contributed by atoms with Crippen molar-refractivity contribution in [1.29, 1.82) is 0 Å². The Labute approximate surface area is 136 Å². The van der Waals surface area contributed by atoms with Crippen molar-refractivity contribution in [2.75, 3.05) is 5.32 Å². The minimum atomic E-state index is -1.36. The maximum atomic E-state index is 12.6. The van der Waals surface area contributed by atoms with Gasteiger partial charge in [0.15, 0.2) is 0 Å². The Morgan fingerprint density at radius 1 is 1.09 bits per heavy atom. The van der Waals surface area contributed by atoms with Gasteiger partial charge in [0.1, 0.15) is 5.60 Å². The number of benzene rings is 2.